The van der Waals surface area contributed by atoms with Crippen LogP contribution in [0.4, 0.5) is 5.69 Å². The van der Waals surface area contributed by atoms with Crippen molar-refractivity contribution >= 4 is 60.8 Å². The van der Waals surface area contributed by atoms with E-state index in [1.54, 1.807) is 32.0 Å². The molecule has 0 aliphatic carbocycles. The number of aromatic nitrogens is 2. The minimum Gasteiger partial charge on any atom is -0.462 e. The Morgan fingerprint density at radius 3 is 2.59 bits per heavy atom. The Bertz CT molecular complexity index is 1760. The summed E-state index contributed by atoms with van der Waals surface area (Å²) in [5, 5.41) is 0.221. The second kappa shape index (κ2) is 11.2. The predicted molar refractivity (Wildman–Crippen MR) is 148 cm³/mol. The normalized spacial score (nSPS) is 12.2. The van der Waals surface area contributed by atoms with E-state index in [-0.39, 0.29) is 43.0 Å². The molecular formula is C26H24ClN3O7S2. The Labute approximate surface area is 233 Å². The fourth-order valence-corrected chi connectivity index (χ4v) is 6.13. The average Bonchev–Trinajstić information content (AvgIpc) is 3.20. The average molecular weight is 590 g/mol. The number of esters is 2. The van der Waals surface area contributed by atoms with Gasteiger partial charge >= 0.3 is 11.9 Å². The van der Waals surface area contributed by atoms with Crippen molar-refractivity contribution in [2.75, 3.05) is 11.3 Å². The third-order valence-corrected chi connectivity index (χ3v) is 8.56. The van der Waals surface area contributed by atoms with Crippen LogP contribution >= 0.6 is 22.9 Å². The second-order valence-electron chi connectivity index (χ2n) is 8.57. The van der Waals surface area contributed by atoms with Crippen LogP contribution in [0.3, 0.4) is 0 Å². The van der Waals surface area contributed by atoms with Crippen LogP contribution in [0.2, 0.25) is 5.02 Å². The number of ether oxygens (including phenoxy) is 2. The molecule has 0 radical (unpaired) electrons. The Morgan fingerprint density at radius 1 is 1.15 bits per heavy atom. The number of H-pyrrole nitrogens is 1. The van der Waals surface area contributed by atoms with Gasteiger partial charge in [0.1, 0.15) is 9.71 Å². The molecule has 0 fully saturated rings. The molecule has 1 atom stereocenters. The highest BCUT2D eigenvalue weighted by Gasteiger charge is 2.25. The minimum atomic E-state index is -4.04. The SMILES string of the molecule is CCOC(=O)c1sc2nc([C@H](C)OC(=O)c3cc(S(=O)(=O)Nc4cccc(C)c4)ccc3Cl)[nH]c(=O)c2c1C. The molecule has 10 nitrogen and oxygen atoms in total. The molecule has 2 N–H and O–H groups in total. The first kappa shape index (κ1) is 28.3. The molecule has 4 rings (SSSR count). The van der Waals surface area contributed by atoms with Crippen LogP contribution in [0.5, 0.6) is 0 Å². The van der Waals surface area contributed by atoms with Crippen molar-refractivity contribution < 1.29 is 27.5 Å². The van der Waals surface area contributed by atoms with E-state index in [1.165, 1.54) is 19.1 Å². The standard InChI is InChI=1S/C26H24ClN3O7S2/c1-5-36-26(33)21-14(3)20-23(31)28-22(29-24(20)38-21)15(4)37-25(32)18-12-17(9-10-19(18)27)39(34,35)30-16-8-6-7-13(2)11-16/h6-12,15,30H,5H2,1-4H3,(H,28,29,31)/t15-/m0/s1. The van der Waals surface area contributed by atoms with Crippen LogP contribution in [0, 0.1) is 13.8 Å². The summed E-state index contributed by atoms with van der Waals surface area (Å²) in [4.78, 5) is 45.3. The molecule has 4 aromatic rings. The number of sulfonamides is 1. The van der Waals surface area contributed by atoms with E-state index in [4.69, 9.17) is 21.1 Å². The maximum absolute atomic E-state index is 13.0. The number of carbonyl (C=O) groups is 2. The van der Waals surface area contributed by atoms with Crippen molar-refractivity contribution in [3.8, 4) is 0 Å². The predicted octanol–water partition coefficient (Wildman–Crippen LogP) is 5.15. The molecule has 0 saturated carbocycles. The molecule has 2 aromatic carbocycles. The van der Waals surface area contributed by atoms with Crippen molar-refractivity contribution in [2.45, 2.75) is 38.7 Å². The van der Waals surface area contributed by atoms with Crippen molar-refractivity contribution in [3.63, 3.8) is 0 Å². The van der Waals surface area contributed by atoms with Gasteiger partial charge in [-0.25, -0.2) is 23.0 Å². The van der Waals surface area contributed by atoms with Crippen LogP contribution < -0.4 is 10.3 Å². The molecule has 13 heteroatoms. The number of aromatic amines is 1. The van der Waals surface area contributed by atoms with Crippen LogP contribution in [-0.2, 0) is 19.5 Å². The highest BCUT2D eigenvalue weighted by molar-refractivity contribution is 7.92. The topological polar surface area (TPSA) is 145 Å². The zero-order valence-electron chi connectivity index (χ0n) is 21.3. The van der Waals surface area contributed by atoms with Gasteiger partial charge in [0, 0.05) is 5.69 Å². The first-order chi connectivity index (χ1) is 18.4. The smallest absolute Gasteiger partial charge is 0.348 e. The van der Waals surface area contributed by atoms with Gasteiger partial charge in [0.05, 0.1) is 27.5 Å². The second-order valence-corrected chi connectivity index (χ2v) is 11.7. The lowest BCUT2D eigenvalue weighted by Crippen LogP contribution is -2.18. The third-order valence-electron chi connectivity index (χ3n) is 5.69. The molecule has 0 aliphatic rings. The zero-order chi connectivity index (χ0) is 28.5. The quantitative estimate of drug-likeness (QED) is 0.268. The maximum atomic E-state index is 13.0. The third kappa shape index (κ3) is 5.97. The van der Waals surface area contributed by atoms with Crippen LogP contribution in [0.15, 0.2) is 52.2 Å². The number of aryl methyl sites for hydroxylation is 2. The summed E-state index contributed by atoms with van der Waals surface area (Å²) in [6, 6.07) is 10.5. The number of hydrogen-bond donors (Lipinski definition) is 2. The Morgan fingerprint density at radius 2 is 1.90 bits per heavy atom. The highest BCUT2D eigenvalue weighted by Crippen LogP contribution is 2.29. The van der Waals surface area contributed by atoms with E-state index in [0.717, 1.165) is 23.0 Å². The number of thiophene rings is 1. The van der Waals surface area contributed by atoms with E-state index < -0.39 is 33.6 Å². The number of benzene rings is 2. The van der Waals surface area contributed by atoms with E-state index >= 15 is 0 Å². The monoisotopic (exact) mass is 589 g/mol. The molecular weight excluding hydrogens is 566 g/mol. The maximum Gasteiger partial charge on any atom is 0.348 e. The lowest BCUT2D eigenvalue weighted by atomic mass is 10.2. The van der Waals surface area contributed by atoms with Crippen molar-refractivity contribution in [1.82, 2.24) is 9.97 Å². The number of anilines is 1. The summed E-state index contributed by atoms with van der Waals surface area (Å²) >= 11 is 7.20. The van der Waals surface area contributed by atoms with Gasteiger partial charge in [-0.15, -0.1) is 11.3 Å². The van der Waals surface area contributed by atoms with Crippen LogP contribution in [-0.4, -0.2) is 36.9 Å². The molecule has 0 bridgehead atoms. The fourth-order valence-electron chi connectivity index (χ4n) is 3.77. The summed E-state index contributed by atoms with van der Waals surface area (Å²) in [6.45, 7) is 6.80. The zero-order valence-corrected chi connectivity index (χ0v) is 23.7. The van der Waals surface area contributed by atoms with Gasteiger partial charge in [-0.1, -0.05) is 23.7 Å². The molecule has 39 heavy (non-hydrogen) atoms. The number of nitrogens with zero attached hydrogens (tertiary/aromatic N) is 1. The van der Waals surface area contributed by atoms with Crippen molar-refractivity contribution in [1.29, 1.82) is 0 Å². The summed E-state index contributed by atoms with van der Waals surface area (Å²) in [5.41, 5.74) is 0.987. The fraction of sp³-hybridized carbons (Fsp3) is 0.231. The van der Waals surface area contributed by atoms with Crippen LogP contribution in [0.1, 0.15) is 56.9 Å². The molecule has 204 valence electrons. The summed E-state index contributed by atoms with van der Waals surface area (Å²) in [7, 11) is -4.04. The van der Waals surface area contributed by atoms with Gasteiger partial charge in [-0.3, -0.25) is 9.52 Å². The Balaban J connectivity index is 1.59. The Kier molecular flexibility index (Phi) is 8.09. The Hall–Kier alpha value is -3.74. The molecule has 0 amide bonds. The van der Waals surface area contributed by atoms with E-state index in [1.807, 2.05) is 13.0 Å². The van der Waals surface area contributed by atoms with E-state index in [2.05, 4.69) is 14.7 Å². The number of hydrogen-bond acceptors (Lipinski definition) is 9. The summed E-state index contributed by atoms with van der Waals surface area (Å²) in [5.74, 6) is -1.43. The molecule has 0 unspecified atom stereocenters. The number of nitrogens with one attached hydrogen (secondary N) is 2. The lowest BCUT2D eigenvalue weighted by molar-refractivity contribution is 0.0319. The number of carbonyl (C=O) groups excluding carboxylic acids is 2. The van der Waals surface area contributed by atoms with Crippen molar-refractivity contribution in [2.24, 2.45) is 0 Å². The van der Waals surface area contributed by atoms with Gasteiger partial charge in [-0.05, 0) is 69.2 Å². The van der Waals surface area contributed by atoms with Gasteiger partial charge in [0.2, 0.25) is 0 Å². The van der Waals surface area contributed by atoms with Gasteiger partial charge in [0.25, 0.3) is 15.6 Å². The van der Waals surface area contributed by atoms with E-state index in [0.29, 0.717) is 11.3 Å². The first-order valence-electron chi connectivity index (χ1n) is 11.7. The first-order valence-corrected chi connectivity index (χ1v) is 14.4. The van der Waals surface area contributed by atoms with Crippen molar-refractivity contribution in [3.05, 3.63) is 85.2 Å². The molecule has 0 spiro atoms. The van der Waals surface area contributed by atoms with Gasteiger partial charge in [0.15, 0.2) is 11.9 Å². The minimum absolute atomic E-state index is 0.0217. The lowest BCUT2D eigenvalue weighted by Gasteiger charge is -2.14. The molecule has 2 heterocycles. The molecule has 0 aliphatic heterocycles. The molecule has 0 saturated heterocycles. The van der Waals surface area contributed by atoms with Gasteiger partial charge < -0.3 is 14.5 Å². The molecule has 2 aromatic heterocycles. The number of fused-ring (bicyclic) bond motifs is 1. The van der Waals surface area contributed by atoms with E-state index in [9.17, 15) is 22.8 Å². The highest BCUT2D eigenvalue weighted by atomic mass is 35.5. The largest absolute Gasteiger partial charge is 0.462 e. The number of rotatable bonds is 8. The summed E-state index contributed by atoms with van der Waals surface area (Å²) in [6.07, 6.45) is -1.04. The van der Waals surface area contributed by atoms with Gasteiger partial charge in [-0.2, -0.15) is 0 Å². The van der Waals surface area contributed by atoms with Crippen LogP contribution in [0.25, 0.3) is 10.2 Å². The number of halogens is 1. The summed E-state index contributed by atoms with van der Waals surface area (Å²) < 4.78 is 38.9.